The Balaban J connectivity index is 1.37. The van der Waals surface area contributed by atoms with E-state index in [1.807, 2.05) is 78.6 Å². The van der Waals surface area contributed by atoms with Gasteiger partial charge in [0, 0.05) is 37.4 Å². The minimum absolute atomic E-state index is 0.0623. The maximum absolute atomic E-state index is 12.9. The number of carbonyl (C=O) groups excluding carboxylic acids is 2. The lowest BCUT2D eigenvalue weighted by molar-refractivity contribution is -0.128. The van der Waals surface area contributed by atoms with Crippen LogP contribution in [0.2, 0.25) is 5.02 Å². The standard InChI is InChI=1S/C28H30ClN3O3/c1-20-9-7-8-12-23(20)26(33)32-17-15-31(16-18-32)25-14-13-21(19-24(25)29)30-27(34)28(2,3)35-22-10-5-4-6-11-22/h4-14,19H,15-18H2,1-3H3,(H,30,34). The Bertz CT molecular complexity index is 1210. The smallest absolute Gasteiger partial charge is 0.267 e. The zero-order chi connectivity index (χ0) is 25.0. The molecule has 0 aliphatic carbocycles. The molecule has 0 radical (unpaired) electrons. The van der Waals surface area contributed by atoms with E-state index in [4.69, 9.17) is 16.3 Å². The van der Waals surface area contributed by atoms with Gasteiger partial charge < -0.3 is 19.9 Å². The topological polar surface area (TPSA) is 61.9 Å². The predicted octanol–water partition coefficient (Wildman–Crippen LogP) is 5.41. The van der Waals surface area contributed by atoms with Crippen LogP contribution >= 0.6 is 11.6 Å². The summed E-state index contributed by atoms with van der Waals surface area (Å²) >= 11 is 6.60. The Morgan fingerprint density at radius 2 is 1.57 bits per heavy atom. The molecule has 1 aliphatic heterocycles. The lowest BCUT2D eigenvalue weighted by Gasteiger charge is -2.36. The van der Waals surface area contributed by atoms with Crippen molar-refractivity contribution in [2.45, 2.75) is 26.4 Å². The first kappa shape index (κ1) is 24.6. The van der Waals surface area contributed by atoms with E-state index in [-0.39, 0.29) is 11.8 Å². The van der Waals surface area contributed by atoms with Crippen LogP contribution in [0.25, 0.3) is 0 Å². The van der Waals surface area contributed by atoms with Gasteiger partial charge in [-0.1, -0.05) is 48.0 Å². The summed E-state index contributed by atoms with van der Waals surface area (Å²) < 4.78 is 5.87. The van der Waals surface area contributed by atoms with Gasteiger partial charge in [0.05, 0.1) is 10.7 Å². The quantitative estimate of drug-likeness (QED) is 0.501. The number of hydrogen-bond acceptors (Lipinski definition) is 4. The van der Waals surface area contributed by atoms with Gasteiger partial charge in [-0.15, -0.1) is 0 Å². The van der Waals surface area contributed by atoms with E-state index in [9.17, 15) is 9.59 Å². The largest absolute Gasteiger partial charge is 0.478 e. The third-order valence-electron chi connectivity index (χ3n) is 6.15. The predicted molar refractivity (Wildman–Crippen MR) is 141 cm³/mol. The minimum Gasteiger partial charge on any atom is -0.478 e. The summed E-state index contributed by atoms with van der Waals surface area (Å²) in [6.45, 7) is 8.01. The fraction of sp³-hybridized carbons (Fsp3) is 0.286. The highest BCUT2D eigenvalue weighted by Crippen LogP contribution is 2.30. The third kappa shape index (κ3) is 5.77. The van der Waals surface area contributed by atoms with Crippen LogP contribution in [0.3, 0.4) is 0 Å². The van der Waals surface area contributed by atoms with E-state index in [1.165, 1.54) is 0 Å². The van der Waals surface area contributed by atoms with Crippen molar-refractivity contribution in [1.82, 2.24) is 4.90 Å². The van der Waals surface area contributed by atoms with Gasteiger partial charge >= 0.3 is 0 Å². The first-order valence-corrected chi connectivity index (χ1v) is 12.1. The van der Waals surface area contributed by atoms with Crippen molar-refractivity contribution in [3.05, 3.63) is 88.9 Å². The Kier molecular flexibility index (Phi) is 7.31. The van der Waals surface area contributed by atoms with Crippen LogP contribution in [-0.4, -0.2) is 48.5 Å². The number of amides is 2. The maximum atomic E-state index is 12.9. The number of halogens is 1. The molecular formula is C28H30ClN3O3. The molecule has 182 valence electrons. The number of benzene rings is 3. The van der Waals surface area contributed by atoms with Crippen LogP contribution in [-0.2, 0) is 4.79 Å². The SMILES string of the molecule is Cc1ccccc1C(=O)N1CCN(c2ccc(NC(=O)C(C)(C)Oc3ccccc3)cc2Cl)CC1. The summed E-state index contributed by atoms with van der Waals surface area (Å²) in [5.41, 5.74) is 2.15. The molecule has 1 aliphatic rings. The van der Waals surface area contributed by atoms with Gasteiger partial charge in [0.1, 0.15) is 5.75 Å². The molecule has 2 amide bonds. The van der Waals surface area contributed by atoms with Crippen LogP contribution < -0.4 is 15.0 Å². The highest BCUT2D eigenvalue weighted by Gasteiger charge is 2.30. The van der Waals surface area contributed by atoms with Crippen LogP contribution in [0.4, 0.5) is 11.4 Å². The molecule has 3 aromatic carbocycles. The van der Waals surface area contributed by atoms with Crippen molar-refractivity contribution < 1.29 is 14.3 Å². The van der Waals surface area contributed by atoms with Gasteiger partial charge in [-0.25, -0.2) is 0 Å². The van der Waals surface area contributed by atoms with Crippen LogP contribution in [0.5, 0.6) is 5.75 Å². The Morgan fingerprint density at radius 1 is 0.914 bits per heavy atom. The number of hydrogen-bond donors (Lipinski definition) is 1. The molecule has 7 heteroatoms. The molecule has 0 atom stereocenters. The Morgan fingerprint density at radius 3 is 2.23 bits per heavy atom. The number of nitrogens with one attached hydrogen (secondary N) is 1. The van der Waals surface area contributed by atoms with Crippen molar-refractivity contribution in [2.75, 3.05) is 36.4 Å². The van der Waals surface area contributed by atoms with Crippen LogP contribution in [0.15, 0.2) is 72.8 Å². The summed E-state index contributed by atoms with van der Waals surface area (Å²) in [6, 6.07) is 22.4. The summed E-state index contributed by atoms with van der Waals surface area (Å²) in [6.07, 6.45) is 0. The lowest BCUT2D eigenvalue weighted by Crippen LogP contribution is -2.49. The molecule has 0 saturated carbocycles. The van der Waals surface area contributed by atoms with Crippen molar-refractivity contribution >= 4 is 34.8 Å². The first-order valence-electron chi connectivity index (χ1n) is 11.7. The average molecular weight is 492 g/mol. The first-order chi connectivity index (χ1) is 16.7. The Hall–Kier alpha value is -3.51. The Labute approximate surface area is 211 Å². The van der Waals surface area contributed by atoms with Crippen molar-refractivity contribution in [1.29, 1.82) is 0 Å². The van der Waals surface area contributed by atoms with Crippen molar-refractivity contribution in [3.63, 3.8) is 0 Å². The number of ether oxygens (including phenoxy) is 1. The van der Waals surface area contributed by atoms with Crippen LogP contribution in [0, 0.1) is 6.92 Å². The summed E-state index contributed by atoms with van der Waals surface area (Å²) in [4.78, 5) is 29.8. The van der Waals surface area contributed by atoms with E-state index in [2.05, 4.69) is 10.2 Å². The molecule has 6 nitrogen and oxygen atoms in total. The second-order valence-corrected chi connectivity index (χ2v) is 9.55. The average Bonchev–Trinajstić information content (AvgIpc) is 2.84. The molecule has 35 heavy (non-hydrogen) atoms. The van der Waals surface area contributed by atoms with Gasteiger partial charge in [-0.3, -0.25) is 9.59 Å². The normalized spacial score (nSPS) is 13.9. The maximum Gasteiger partial charge on any atom is 0.267 e. The molecule has 0 aromatic heterocycles. The second kappa shape index (κ2) is 10.4. The molecule has 0 spiro atoms. The zero-order valence-electron chi connectivity index (χ0n) is 20.3. The van der Waals surface area contributed by atoms with E-state index in [0.717, 1.165) is 16.8 Å². The minimum atomic E-state index is -1.06. The fourth-order valence-corrected chi connectivity index (χ4v) is 4.39. The molecule has 1 heterocycles. The molecule has 0 unspecified atom stereocenters. The highest BCUT2D eigenvalue weighted by molar-refractivity contribution is 6.33. The number of para-hydroxylation sites is 1. The van der Waals surface area contributed by atoms with E-state index < -0.39 is 5.60 Å². The molecule has 1 fully saturated rings. The van der Waals surface area contributed by atoms with Gasteiger partial charge in [-0.2, -0.15) is 0 Å². The van der Waals surface area contributed by atoms with Gasteiger partial charge in [-0.05, 0) is 62.7 Å². The van der Waals surface area contributed by atoms with Gasteiger partial charge in [0.25, 0.3) is 11.8 Å². The van der Waals surface area contributed by atoms with E-state index in [1.54, 1.807) is 19.9 Å². The van der Waals surface area contributed by atoms with Crippen LogP contribution in [0.1, 0.15) is 29.8 Å². The third-order valence-corrected chi connectivity index (χ3v) is 6.45. The lowest BCUT2D eigenvalue weighted by atomic mass is 10.1. The number of piperazine rings is 1. The van der Waals surface area contributed by atoms with E-state index in [0.29, 0.717) is 42.6 Å². The number of anilines is 2. The number of nitrogens with zero attached hydrogens (tertiary/aromatic N) is 2. The fourth-order valence-electron chi connectivity index (χ4n) is 4.09. The summed E-state index contributed by atoms with van der Waals surface area (Å²) in [5, 5.41) is 3.44. The molecule has 1 N–H and O–H groups in total. The number of aryl methyl sites for hydroxylation is 1. The number of rotatable bonds is 6. The van der Waals surface area contributed by atoms with Gasteiger partial charge in [0.2, 0.25) is 0 Å². The molecule has 4 rings (SSSR count). The monoisotopic (exact) mass is 491 g/mol. The molecular weight excluding hydrogens is 462 g/mol. The molecule has 1 saturated heterocycles. The molecule has 3 aromatic rings. The summed E-state index contributed by atoms with van der Waals surface area (Å²) in [7, 11) is 0. The number of carbonyl (C=O) groups is 2. The van der Waals surface area contributed by atoms with Gasteiger partial charge in [0.15, 0.2) is 5.60 Å². The highest BCUT2D eigenvalue weighted by atomic mass is 35.5. The summed E-state index contributed by atoms with van der Waals surface area (Å²) in [5.74, 6) is 0.418. The second-order valence-electron chi connectivity index (χ2n) is 9.14. The zero-order valence-corrected chi connectivity index (χ0v) is 21.0. The molecule has 0 bridgehead atoms. The van der Waals surface area contributed by atoms with Crippen molar-refractivity contribution in [3.8, 4) is 5.75 Å². The van der Waals surface area contributed by atoms with Crippen molar-refractivity contribution in [2.24, 2.45) is 0 Å². The van der Waals surface area contributed by atoms with E-state index >= 15 is 0 Å².